The third-order valence-electron chi connectivity index (χ3n) is 4.97. The van der Waals surface area contributed by atoms with Crippen LogP contribution in [0.3, 0.4) is 0 Å². The summed E-state index contributed by atoms with van der Waals surface area (Å²) in [6, 6.07) is 19.6. The Morgan fingerprint density at radius 1 is 1.07 bits per heavy atom. The molecule has 0 aliphatic carbocycles. The zero-order valence-electron chi connectivity index (χ0n) is 17.2. The third kappa shape index (κ3) is 6.23. The third-order valence-corrected chi connectivity index (χ3v) is 4.97. The molecule has 1 N–H and O–H groups in total. The highest BCUT2D eigenvalue weighted by Gasteiger charge is 2.46. The van der Waals surface area contributed by atoms with E-state index >= 15 is 0 Å². The van der Waals surface area contributed by atoms with E-state index in [0.29, 0.717) is 26.2 Å². The summed E-state index contributed by atoms with van der Waals surface area (Å²) in [7, 11) is 0. The molecule has 0 amide bonds. The average molecular weight is 398 g/mol. The highest BCUT2D eigenvalue weighted by molar-refractivity contribution is 5.15. The van der Waals surface area contributed by atoms with Crippen molar-refractivity contribution in [2.75, 3.05) is 6.61 Å². The fourth-order valence-electron chi connectivity index (χ4n) is 3.67. The van der Waals surface area contributed by atoms with Gasteiger partial charge >= 0.3 is 0 Å². The normalized spacial score (nSPS) is 21.9. The van der Waals surface area contributed by atoms with Crippen molar-refractivity contribution >= 4 is 0 Å². The van der Waals surface area contributed by atoms with Crippen molar-refractivity contribution in [1.29, 1.82) is 0 Å². The molecule has 1 saturated heterocycles. The van der Waals surface area contributed by atoms with Gasteiger partial charge in [0.15, 0.2) is 5.79 Å². The van der Waals surface area contributed by atoms with Gasteiger partial charge in [-0.15, -0.1) is 6.58 Å². The summed E-state index contributed by atoms with van der Waals surface area (Å²) in [6.45, 7) is 8.93. The van der Waals surface area contributed by atoms with Crippen molar-refractivity contribution in [2.24, 2.45) is 0 Å². The molecule has 5 nitrogen and oxygen atoms in total. The molecule has 2 aromatic carbocycles. The summed E-state index contributed by atoms with van der Waals surface area (Å²) in [4.78, 5) is 0. The van der Waals surface area contributed by atoms with Crippen LogP contribution in [0, 0.1) is 0 Å². The smallest absolute Gasteiger partial charge is 0.163 e. The Hall–Kier alpha value is -2.02. The first-order chi connectivity index (χ1) is 14.0. The van der Waals surface area contributed by atoms with Gasteiger partial charge in [-0.2, -0.15) is 5.06 Å². The first-order valence-corrected chi connectivity index (χ1v) is 10.1. The van der Waals surface area contributed by atoms with E-state index in [1.54, 1.807) is 6.08 Å². The molecule has 5 heteroatoms. The minimum atomic E-state index is -0.738. The molecule has 3 rings (SSSR count). The predicted octanol–water partition coefficient (Wildman–Crippen LogP) is 4.56. The molecule has 1 fully saturated rings. The van der Waals surface area contributed by atoms with Gasteiger partial charge in [-0.25, -0.2) is 0 Å². The number of hydroxylamine groups is 2. The van der Waals surface area contributed by atoms with Crippen molar-refractivity contribution < 1.29 is 19.4 Å². The van der Waals surface area contributed by atoms with E-state index in [9.17, 15) is 5.21 Å². The van der Waals surface area contributed by atoms with Gasteiger partial charge in [-0.05, 0) is 31.4 Å². The molecule has 2 aromatic rings. The van der Waals surface area contributed by atoms with E-state index < -0.39 is 5.79 Å². The van der Waals surface area contributed by atoms with E-state index in [4.69, 9.17) is 14.2 Å². The summed E-state index contributed by atoms with van der Waals surface area (Å²) in [5.74, 6) is -0.738. The monoisotopic (exact) mass is 397 g/mol. The summed E-state index contributed by atoms with van der Waals surface area (Å²) in [6.07, 6.45) is 1.74. The zero-order chi connectivity index (χ0) is 20.7. The van der Waals surface area contributed by atoms with Crippen LogP contribution in [0.2, 0.25) is 0 Å². The number of rotatable bonds is 10. The number of nitrogens with zero attached hydrogens (tertiary/aromatic N) is 1. The molecule has 0 saturated carbocycles. The molecule has 29 heavy (non-hydrogen) atoms. The Balaban J connectivity index is 1.67. The van der Waals surface area contributed by atoms with Crippen molar-refractivity contribution in [3.8, 4) is 0 Å². The lowest BCUT2D eigenvalue weighted by Gasteiger charge is -2.32. The maximum absolute atomic E-state index is 10.9. The summed E-state index contributed by atoms with van der Waals surface area (Å²) in [5, 5.41) is 12.2. The van der Waals surface area contributed by atoms with E-state index in [-0.39, 0.29) is 18.2 Å². The van der Waals surface area contributed by atoms with Crippen LogP contribution >= 0.6 is 0 Å². The van der Waals surface area contributed by atoms with Crippen LogP contribution in [0.25, 0.3) is 0 Å². The van der Waals surface area contributed by atoms with E-state index in [2.05, 4.69) is 6.58 Å². The topological polar surface area (TPSA) is 51.2 Å². The van der Waals surface area contributed by atoms with Crippen LogP contribution in [0.15, 0.2) is 73.3 Å². The Morgan fingerprint density at radius 3 is 2.31 bits per heavy atom. The molecule has 0 bridgehead atoms. The second-order valence-electron chi connectivity index (χ2n) is 7.81. The van der Waals surface area contributed by atoms with Gasteiger partial charge in [-0.3, -0.25) is 0 Å². The number of ether oxygens (including phenoxy) is 3. The molecular formula is C24H31NO4. The van der Waals surface area contributed by atoms with Gasteiger partial charge in [0, 0.05) is 6.54 Å². The van der Waals surface area contributed by atoms with Gasteiger partial charge < -0.3 is 19.4 Å². The van der Waals surface area contributed by atoms with Crippen LogP contribution < -0.4 is 0 Å². The SMILES string of the molecule is C=CC[C@H]([C@@H]1OC(C)(C)O[C@H]1COCc1ccccc1)N(O)Cc1ccccc1. The molecule has 156 valence electrons. The van der Waals surface area contributed by atoms with Gasteiger partial charge in [0.05, 0.1) is 19.3 Å². The highest BCUT2D eigenvalue weighted by atomic mass is 16.8. The zero-order valence-corrected chi connectivity index (χ0v) is 17.2. The molecule has 3 atom stereocenters. The Labute approximate surface area is 173 Å². The van der Waals surface area contributed by atoms with Gasteiger partial charge in [0.1, 0.15) is 12.2 Å². The molecule has 1 aliphatic rings. The maximum atomic E-state index is 10.9. The van der Waals surface area contributed by atoms with E-state index in [0.717, 1.165) is 11.1 Å². The molecule has 1 aliphatic heterocycles. The Bertz CT molecular complexity index is 750. The lowest BCUT2D eigenvalue weighted by molar-refractivity contribution is -0.188. The summed E-state index contributed by atoms with van der Waals surface area (Å²) < 4.78 is 18.2. The fraction of sp³-hybridized carbons (Fsp3) is 0.417. The van der Waals surface area contributed by atoms with Crippen LogP contribution in [0.4, 0.5) is 0 Å². The van der Waals surface area contributed by atoms with Crippen molar-refractivity contribution in [2.45, 2.75) is 57.5 Å². The molecule has 0 unspecified atom stereocenters. The molecule has 0 radical (unpaired) electrons. The van der Waals surface area contributed by atoms with E-state index in [1.807, 2.05) is 74.5 Å². The van der Waals surface area contributed by atoms with Crippen LogP contribution in [-0.2, 0) is 27.4 Å². The van der Waals surface area contributed by atoms with Crippen LogP contribution in [0.5, 0.6) is 0 Å². The largest absolute Gasteiger partial charge is 0.374 e. The second kappa shape index (κ2) is 10.1. The molecular weight excluding hydrogens is 366 g/mol. The van der Waals surface area contributed by atoms with Crippen molar-refractivity contribution in [3.05, 3.63) is 84.4 Å². The lowest BCUT2D eigenvalue weighted by atomic mass is 10.0. The van der Waals surface area contributed by atoms with Crippen molar-refractivity contribution in [1.82, 2.24) is 5.06 Å². The second-order valence-corrected chi connectivity index (χ2v) is 7.81. The number of benzene rings is 2. The van der Waals surface area contributed by atoms with Crippen molar-refractivity contribution in [3.63, 3.8) is 0 Å². The van der Waals surface area contributed by atoms with Gasteiger partial charge in [-0.1, -0.05) is 66.7 Å². The standard InChI is InChI=1S/C24H31NO4/c1-4-11-21(25(26)16-19-12-7-5-8-13-19)23-22(28-24(2,3)29-23)18-27-17-20-14-9-6-10-15-20/h4-10,12-15,21-23,26H,1,11,16-18H2,2-3H3/t21-,22+,23+/m1/s1. The average Bonchev–Trinajstić information content (AvgIpc) is 3.01. The quantitative estimate of drug-likeness (QED) is 0.470. The lowest BCUT2D eigenvalue weighted by Crippen LogP contribution is -2.47. The first kappa shape index (κ1) is 21.7. The molecule has 0 spiro atoms. The first-order valence-electron chi connectivity index (χ1n) is 10.1. The fourth-order valence-corrected chi connectivity index (χ4v) is 3.67. The van der Waals surface area contributed by atoms with Gasteiger partial charge in [0.25, 0.3) is 0 Å². The predicted molar refractivity (Wildman–Crippen MR) is 112 cm³/mol. The minimum absolute atomic E-state index is 0.288. The Kier molecular flexibility index (Phi) is 7.58. The highest BCUT2D eigenvalue weighted by Crippen LogP contribution is 2.33. The van der Waals surface area contributed by atoms with Crippen LogP contribution in [-0.4, -0.2) is 40.9 Å². The molecule has 0 aromatic heterocycles. The van der Waals surface area contributed by atoms with Gasteiger partial charge in [0.2, 0.25) is 0 Å². The maximum Gasteiger partial charge on any atom is 0.163 e. The number of hydrogen-bond donors (Lipinski definition) is 1. The Morgan fingerprint density at radius 2 is 1.69 bits per heavy atom. The summed E-state index contributed by atoms with van der Waals surface area (Å²) >= 11 is 0. The van der Waals surface area contributed by atoms with Crippen LogP contribution in [0.1, 0.15) is 31.4 Å². The summed E-state index contributed by atoms with van der Waals surface area (Å²) in [5.41, 5.74) is 2.14. The molecule has 1 heterocycles. The minimum Gasteiger partial charge on any atom is -0.374 e. The van der Waals surface area contributed by atoms with E-state index in [1.165, 1.54) is 5.06 Å². The number of hydrogen-bond acceptors (Lipinski definition) is 5.